The summed E-state index contributed by atoms with van der Waals surface area (Å²) in [5.41, 5.74) is 0.284. The Hall–Kier alpha value is -1.95. The van der Waals surface area contributed by atoms with Crippen molar-refractivity contribution in [3.63, 3.8) is 0 Å². The van der Waals surface area contributed by atoms with Crippen LogP contribution in [0.2, 0.25) is 5.02 Å². The van der Waals surface area contributed by atoms with Crippen molar-refractivity contribution < 1.29 is 24.2 Å². The summed E-state index contributed by atoms with van der Waals surface area (Å²) in [6.45, 7) is 9.56. The maximum Gasteiger partial charge on any atom is 0.411 e. The van der Waals surface area contributed by atoms with Crippen LogP contribution in [0.5, 0.6) is 5.75 Å². The molecule has 3 atom stereocenters. The number of carbonyl (C=O) groups is 2. The highest BCUT2D eigenvalue weighted by Gasteiger charge is 2.42. The predicted molar refractivity (Wildman–Crippen MR) is 104 cm³/mol. The van der Waals surface area contributed by atoms with Crippen LogP contribution in [0.15, 0.2) is 18.2 Å². The van der Waals surface area contributed by atoms with E-state index in [-0.39, 0.29) is 18.9 Å². The third-order valence-electron chi connectivity index (χ3n) is 4.58. The number of nitrogens with zero attached hydrogens (tertiary/aromatic N) is 1. The summed E-state index contributed by atoms with van der Waals surface area (Å²) in [7, 11) is 0. The molecule has 1 saturated heterocycles. The van der Waals surface area contributed by atoms with Crippen LogP contribution >= 0.6 is 11.6 Å². The fourth-order valence-corrected chi connectivity index (χ4v) is 3.23. The number of carboxylic acids is 1. The SMILES string of the molecule is CCC(C)c1cc(Cl)ccc1O[C@@H]1C[C@H](C(=O)O)N(C(=O)OC(C)(C)C)C1. The first-order chi connectivity index (χ1) is 12.5. The van der Waals surface area contributed by atoms with Crippen molar-refractivity contribution in [2.45, 2.75) is 71.1 Å². The van der Waals surface area contributed by atoms with Gasteiger partial charge in [-0.3, -0.25) is 4.90 Å². The molecule has 7 heteroatoms. The summed E-state index contributed by atoms with van der Waals surface area (Å²) < 4.78 is 11.5. The number of amides is 1. The monoisotopic (exact) mass is 397 g/mol. The van der Waals surface area contributed by atoms with Gasteiger partial charge in [-0.2, -0.15) is 0 Å². The van der Waals surface area contributed by atoms with E-state index in [0.717, 1.165) is 12.0 Å². The number of rotatable bonds is 5. The summed E-state index contributed by atoms with van der Waals surface area (Å²) in [6, 6.07) is 4.46. The van der Waals surface area contributed by atoms with Crippen LogP contribution in [0.25, 0.3) is 0 Å². The zero-order valence-corrected chi connectivity index (χ0v) is 17.2. The molecule has 0 radical (unpaired) electrons. The zero-order valence-electron chi connectivity index (χ0n) is 16.5. The summed E-state index contributed by atoms with van der Waals surface area (Å²) in [5.74, 6) is -0.142. The van der Waals surface area contributed by atoms with Gasteiger partial charge in [0, 0.05) is 11.4 Å². The largest absolute Gasteiger partial charge is 0.488 e. The Bertz CT molecular complexity index is 700. The van der Waals surface area contributed by atoms with Crippen LogP contribution in [0, 0.1) is 0 Å². The normalized spacial score (nSPS) is 21.0. The average molecular weight is 398 g/mol. The Morgan fingerprint density at radius 2 is 2.04 bits per heavy atom. The van der Waals surface area contributed by atoms with Crippen LogP contribution in [0.1, 0.15) is 58.9 Å². The molecule has 6 nitrogen and oxygen atoms in total. The molecular weight excluding hydrogens is 370 g/mol. The van der Waals surface area contributed by atoms with Gasteiger partial charge in [0.1, 0.15) is 23.5 Å². The van der Waals surface area contributed by atoms with E-state index in [1.165, 1.54) is 4.90 Å². The third-order valence-corrected chi connectivity index (χ3v) is 4.82. The molecule has 0 bridgehead atoms. The summed E-state index contributed by atoms with van der Waals surface area (Å²) in [4.78, 5) is 25.3. The van der Waals surface area contributed by atoms with Crippen LogP contribution in [-0.4, -0.2) is 46.4 Å². The lowest BCUT2D eigenvalue weighted by Crippen LogP contribution is -2.43. The molecule has 150 valence electrons. The van der Waals surface area contributed by atoms with Crippen molar-refractivity contribution >= 4 is 23.7 Å². The molecular formula is C20H28ClNO5. The van der Waals surface area contributed by atoms with Gasteiger partial charge >= 0.3 is 12.1 Å². The van der Waals surface area contributed by atoms with Gasteiger partial charge in [-0.25, -0.2) is 9.59 Å². The lowest BCUT2D eigenvalue weighted by molar-refractivity contribution is -0.142. The summed E-state index contributed by atoms with van der Waals surface area (Å²) in [6.07, 6.45) is 0.0576. The molecule has 1 fully saturated rings. The van der Waals surface area contributed by atoms with E-state index in [1.807, 2.05) is 6.07 Å². The van der Waals surface area contributed by atoms with Gasteiger partial charge in [-0.05, 0) is 56.9 Å². The molecule has 0 saturated carbocycles. The Labute approximate surface area is 165 Å². The first kappa shape index (κ1) is 21.4. The van der Waals surface area contributed by atoms with Crippen molar-refractivity contribution in [1.29, 1.82) is 0 Å². The first-order valence-electron chi connectivity index (χ1n) is 9.20. The maximum atomic E-state index is 12.4. The molecule has 0 aromatic heterocycles. The number of carboxylic acid groups (broad SMARTS) is 1. The fraction of sp³-hybridized carbons (Fsp3) is 0.600. The minimum atomic E-state index is -1.06. The molecule has 1 N–H and O–H groups in total. The molecule has 27 heavy (non-hydrogen) atoms. The molecule has 1 heterocycles. The minimum absolute atomic E-state index is 0.161. The number of halogens is 1. The van der Waals surface area contributed by atoms with Crippen molar-refractivity contribution in [3.8, 4) is 5.75 Å². The van der Waals surface area contributed by atoms with Gasteiger partial charge < -0.3 is 14.6 Å². The Morgan fingerprint density at radius 1 is 1.37 bits per heavy atom. The lowest BCUT2D eigenvalue weighted by Gasteiger charge is -2.26. The predicted octanol–water partition coefficient (Wildman–Crippen LogP) is 4.69. The van der Waals surface area contributed by atoms with Gasteiger partial charge in [0.25, 0.3) is 0 Å². The molecule has 1 unspecified atom stereocenters. The molecule has 1 aliphatic heterocycles. The second-order valence-corrected chi connectivity index (χ2v) is 8.39. The van der Waals surface area contributed by atoms with Crippen LogP contribution in [0.4, 0.5) is 4.79 Å². The third kappa shape index (κ3) is 5.51. The molecule has 2 rings (SSSR count). The second-order valence-electron chi connectivity index (χ2n) is 7.95. The van der Waals surface area contributed by atoms with Gasteiger partial charge in [-0.1, -0.05) is 25.4 Å². The van der Waals surface area contributed by atoms with E-state index >= 15 is 0 Å². The highest BCUT2D eigenvalue weighted by Crippen LogP contribution is 2.34. The van der Waals surface area contributed by atoms with Crippen LogP contribution in [-0.2, 0) is 9.53 Å². The Kier molecular flexibility index (Phi) is 6.63. The number of aliphatic carboxylic acids is 1. The van der Waals surface area contributed by atoms with Crippen LogP contribution < -0.4 is 4.74 Å². The van der Waals surface area contributed by atoms with Gasteiger partial charge in [0.15, 0.2) is 0 Å². The van der Waals surface area contributed by atoms with Crippen molar-refractivity contribution in [2.24, 2.45) is 0 Å². The number of hydrogen-bond acceptors (Lipinski definition) is 4. The molecule has 0 aliphatic carbocycles. The minimum Gasteiger partial charge on any atom is -0.488 e. The quantitative estimate of drug-likeness (QED) is 0.779. The van der Waals surface area contributed by atoms with E-state index in [9.17, 15) is 14.7 Å². The molecule has 0 spiro atoms. The smallest absolute Gasteiger partial charge is 0.411 e. The van der Waals surface area contributed by atoms with E-state index in [2.05, 4.69) is 13.8 Å². The van der Waals surface area contributed by atoms with Gasteiger partial charge in [0.2, 0.25) is 0 Å². The van der Waals surface area contributed by atoms with Crippen molar-refractivity contribution in [1.82, 2.24) is 4.90 Å². The lowest BCUT2D eigenvalue weighted by atomic mass is 9.97. The number of hydrogen-bond donors (Lipinski definition) is 1. The highest BCUT2D eigenvalue weighted by molar-refractivity contribution is 6.30. The van der Waals surface area contributed by atoms with Gasteiger partial charge in [-0.15, -0.1) is 0 Å². The number of likely N-dealkylation sites (tertiary alicyclic amines) is 1. The fourth-order valence-electron chi connectivity index (χ4n) is 3.05. The van der Waals surface area contributed by atoms with E-state index in [0.29, 0.717) is 10.8 Å². The zero-order chi connectivity index (χ0) is 20.4. The number of benzene rings is 1. The molecule has 1 aromatic rings. The highest BCUT2D eigenvalue weighted by atomic mass is 35.5. The van der Waals surface area contributed by atoms with E-state index in [4.69, 9.17) is 21.1 Å². The second kappa shape index (κ2) is 8.38. The number of carbonyl (C=O) groups excluding carboxylic acids is 1. The molecule has 1 aromatic carbocycles. The average Bonchev–Trinajstić information content (AvgIpc) is 2.98. The van der Waals surface area contributed by atoms with E-state index < -0.39 is 29.8 Å². The Morgan fingerprint density at radius 3 is 2.59 bits per heavy atom. The van der Waals surface area contributed by atoms with Gasteiger partial charge in [0.05, 0.1) is 6.54 Å². The summed E-state index contributed by atoms with van der Waals surface area (Å²) in [5, 5.41) is 10.1. The molecule has 1 amide bonds. The van der Waals surface area contributed by atoms with Crippen LogP contribution in [0.3, 0.4) is 0 Å². The molecule has 1 aliphatic rings. The van der Waals surface area contributed by atoms with Crippen molar-refractivity contribution in [2.75, 3.05) is 6.54 Å². The standard InChI is InChI=1S/C20H28ClNO5/c1-6-12(2)15-9-13(21)7-8-17(15)26-14-10-16(18(23)24)22(11-14)19(25)27-20(3,4)5/h7-9,12,14,16H,6,10-11H2,1-5H3,(H,23,24)/t12?,14-,16-/m1/s1. The van der Waals surface area contributed by atoms with Crippen molar-refractivity contribution in [3.05, 3.63) is 28.8 Å². The maximum absolute atomic E-state index is 12.4. The van der Waals surface area contributed by atoms with E-state index in [1.54, 1.807) is 32.9 Å². The number of ether oxygens (including phenoxy) is 2. The first-order valence-corrected chi connectivity index (χ1v) is 9.58. The Balaban J connectivity index is 2.19. The summed E-state index contributed by atoms with van der Waals surface area (Å²) >= 11 is 6.12. The topological polar surface area (TPSA) is 76.1 Å².